The molecule has 2 aromatic heterocycles. The molecule has 3 heterocycles. The standard InChI is InChI=1S/C22H18Cl2N4O3S2/c1-2-28-20(9-29-17-6-4-14(23)8-16(17)24)26-27-22(28)33-11-15-10-32-21(25-15)13-3-5-18-19(7-13)31-12-30-18/h3-8,10H,2,9,11-12H2,1H3. The van der Waals surface area contributed by atoms with Crippen molar-refractivity contribution < 1.29 is 14.2 Å². The normalized spacial score (nSPS) is 12.3. The maximum atomic E-state index is 6.19. The van der Waals surface area contributed by atoms with Gasteiger partial charge in [0.25, 0.3) is 0 Å². The third-order valence-corrected chi connectivity index (χ3v) is 7.35. The van der Waals surface area contributed by atoms with Crippen LogP contribution < -0.4 is 14.2 Å². The fraction of sp³-hybridized carbons (Fsp3) is 0.227. The molecule has 4 aromatic rings. The zero-order valence-electron chi connectivity index (χ0n) is 17.5. The smallest absolute Gasteiger partial charge is 0.231 e. The van der Waals surface area contributed by atoms with Gasteiger partial charge in [-0.25, -0.2) is 4.98 Å². The molecule has 2 aromatic carbocycles. The first-order valence-electron chi connectivity index (χ1n) is 10.1. The quantitative estimate of drug-likeness (QED) is 0.251. The van der Waals surface area contributed by atoms with Gasteiger partial charge in [-0.05, 0) is 43.3 Å². The van der Waals surface area contributed by atoms with Crippen LogP contribution in [-0.2, 0) is 18.9 Å². The van der Waals surface area contributed by atoms with Gasteiger partial charge in [0.15, 0.2) is 22.5 Å². The van der Waals surface area contributed by atoms with Gasteiger partial charge in [-0.2, -0.15) is 0 Å². The van der Waals surface area contributed by atoms with E-state index in [0.29, 0.717) is 21.5 Å². The van der Waals surface area contributed by atoms with Crippen LogP contribution in [0.25, 0.3) is 10.6 Å². The van der Waals surface area contributed by atoms with Crippen LogP contribution in [0, 0.1) is 0 Å². The van der Waals surface area contributed by atoms with Gasteiger partial charge in [0.1, 0.15) is 17.4 Å². The summed E-state index contributed by atoms with van der Waals surface area (Å²) < 4.78 is 18.7. The second-order valence-corrected chi connectivity index (χ2v) is 9.65. The van der Waals surface area contributed by atoms with Gasteiger partial charge in [-0.1, -0.05) is 35.0 Å². The number of fused-ring (bicyclic) bond motifs is 1. The third kappa shape index (κ3) is 4.91. The van der Waals surface area contributed by atoms with Crippen molar-refractivity contribution in [3.63, 3.8) is 0 Å². The predicted molar refractivity (Wildman–Crippen MR) is 130 cm³/mol. The molecule has 7 nitrogen and oxygen atoms in total. The summed E-state index contributed by atoms with van der Waals surface area (Å²) in [5.41, 5.74) is 1.99. The summed E-state index contributed by atoms with van der Waals surface area (Å²) in [5, 5.41) is 13.5. The van der Waals surface area contributed by atoms with Crippen LogP contribution >= 0.6 is 46.3 Å². The van der Waals surface area contributed by atoms with Gasteiger partial charge < -0.3 is 18.8 Å². The first-order valence-corrected chi connectivity index (χ1v) is 12.7. The van der Waals surface area contributed by atoms with E-state index in [4.69, 9.17) is 42.4 Å². The molecule has 0 saturated heterocycles. The molecule has 0 atom stereocenters. The zero-order chi connectivity index (χ0) is 22.8. The van der Waals surface area contributed by atoms with Crippen molar-refractivity contribution in [1.82, 2.24) is 19.7 Å². The van der Waals surface area contributed by atoms with E-state index < -0.39 is 0 Å². The molecule has 33 heavy (non-hydrogen) atoms. The lowest BCUT2D eigenvalue weighted by atomic mass is 10.2. The highest BCUT2D eigenvalue weighted by molar-refractivity contribution is 7.98. The average molecular weight is 521 g/mol. The highest BCUT2D eigenvalue weighted by atomic mass is 35.5. The summed E-state index contributed by atoms with van der Waals surface area (Å²) in [6.45, 7) is 3.29. The van der Waals surface area contributed by atoms with E-state index in [9.17, 15) is 0 Å². The first kappa shape index (κ1) is 22.3. The average Bonchev–Trinajstić information content (AvgIpc) is 3.55. The molecular formula is C22H18Cl2N4O3S2. The Kier molecular flexibility index (Phi) is 6.64. The number of thioether (sulfide) groups is 1. The second kappa shape index (κ2) is 9.80. The molecule has 11 heteroatoms. The van der Waals surface area contributed by atoms with Gasteiger partial charge in [0, 0.05) is 28.3 Å². The molecule has 0 radical (unpaired) electrons. The summed E-state index contributed by atoms with van der Waals surface area (Å²) in [6, 6.07) is 11.0. The van der Waals surface area contributed by atoms with Crippen LogP contribution in [0.5, 0.6) is 17.2 Å². The number of ether oxygens (including phenoxy) is 3. The molecule has 0 N–H and O–H groups in total. The number of halogens is 2. The first-order chi connectivity index (χ1) is 16.1. The number of hydrogen-bond donors (Lipinski definition) is 0. The van der Waals surface area contributed by atoms with Crippen LogP contribution in [0.15, 0.2) is 46.9 Å². The van der Waals surface area contributed by atoms with Crippen LogP contribution in [-0.4, -0.2) is 26.5 Å². The van der Waals surface area contributed by atoms with Crippen LogP contribution in [0.2, 0.25) is 10.0 Å². The summed E-state index contributed by atoms with van der Waals surface area (Å²) in [4.78, 5) is 4.77. The van der Waals surface area contributed by atoms with Crippen LogP contribution in [0.4, 0.5) is 0 Å². The van der Waals surface area contributed by atoms with Crippen molar-refractivity contribution >= 4 is 46.3 Å². The van der Waals surface area contributed by atoms with Crippen molar-refractivity contribution in [1.29, 1.82) is 0 Å². The highest BCUT2D eigenvalue weighted by Crippen LogP contribution is 2.37. The number of hydrogen-bond acceptors (Lipinski definition) is 8. The van der Waals surface area contributed by atoms with E-state index in [1.807, 2.05) is 29.7 Å². The SMILES string of the molecule is CCn1c(COc2ccc(Cl)cc2Cl)nnc1SCc1csc(-c2ccc3c(c2)OCO3)n1. The van der Waals surface area contributed by atoms with Gasteiger partial charge in [-0.3, -0.25) is 0 Å². The molecule has 0 aliphatic carbocycles. The van der Waals surface area contributed by atoms with E-state index in [2.05, 4.69) is 15.6 Å². The van der Waals surface area contributed by atoms with Gasteiger partial charge in [0.2, 0.25) is 6.79 Å². The Morgan fingerprint density at radius 3 is 2.85 bits per heavy atom. The van der Waals surface area contributed by atoms with Crippen LogP contribution in [0.1, 0.15) is 18.4 Å². The number of rotatable bonds is 8. The van der Waals surface area contributed by atoms with Crippen molar-refractivity contribution in [2.24, 2.45) is 0 Å². The van der Waals surface area contributed by atoms with Crippen molar-refractivity contribution in [2.75, 3.05) is 6.79 Å². The summed E-state index contributed by atoms with van der Waals surface area (Å²) in [5.74, 6) is 3.49. The van der Waals surface area contributed by atoms with Crippen molar-refractivity contribution in [2.45, 2.75) is 31.0 Å². The maximum absolute atomic E-state index is 6.19. The van der Waals surface area contributed by atoms with Gasteiger partial charge in [-0.15, -0.1) is 21.5 Å². The van der Waals surface area contributed by atoms with Gasteiger partial charge in [0.05, 0.1) is 10.7 Å². The van der Waals surface area contributed by atoms with E-state index in [1.165, 1.54) is 0 Å². The molecule has 0 bridgehead atoms. The Morgan fingerprint density at radius 2 is 2.00 bits per heavy atom. The lowest BCUT2D eigenvalue weighted by molar-refractivity contribution is 0.174. The van der Waals surface area contributed by atoms with E-state index in [-0.39, 0.29) is 13.4 Å². The van der Waals surface area contributed by atoms with E-state index >= 15 is 0 Å². The fourth-order valence-electron chi connectivity index (χ4n) is 3.26. The predicted octanol–water partition coefficient (Wildman–Crippen LogP) is 6.33. The van der Waals surface area contributed by atoms with Crippen molar-refractivity contribution in [3.8, 4) is 27.8 Å². The minimum absolute atomic E-state index is 0.258. The lowest BCUT2D eigenvalue weighted by Gasteiger charge is -2.10. The summed E-state index contributed by atoms with van der Waals surface area (Å²) >= 11 is 15.3. The molecule has 0 unspecified atom stereocenters. The second-order valence-electron chi connectivity index (χ2n) is 7.01. The molecule has 170 valence electrons. The number of benzene rings is 2. The molecule has 0 spiro atoms. The monoisotopic (exact) mass is 520 g/mol. The summed E-state index contributed by atoms with van der Waals surface area (Å²) in [6.07, 6.45) is 0. The number of nitrogens with zero attached hydrogens (tertiary/aromatic N) is 4. The Balaban J connectivity index is 1.24. The summed E-state index contributed by atoms with van der Waals surface area (Å²) in [7, 11) is 0. The molecule has 5 rings (SSSR count). The maximum Gasteiger partial charge on any atom is 0.231 e. The van der Waals surface area contributed by atoms with E-state index in [1.54, 1.807) is 41.3 Å². The lowest BCUT2D eigenvalue weighted by Crippen LogP contribution is -2.07. The Hall–Kier alpha value is -2.46. The topological polar surface area (TPSA) is 71.3 Å². The van der Waals surface area contributed by atoms with Crippen molar-refractivity contribution in [3.05, 3.63) is 63.3 Å². The molecule has 1 aliphatic heterocycles. The largest absolute Gasteiger partial charge is 0.484 e. The molecular weight excluding hydrogens is 503 g/mol. The van der Waals surface area contributed by atoms with E-state index in [0.717, 1.165) is 45.3 Å². The number of thiazole rings is 1. The Labute approximate surface area is 208 Å². The molecule has 0 saturated carbocycles. The van der Waals surface area contributed by atoms with Crippen LogP contribution in [0.3, 0.4) is 0 Å². The number of aromatic nitrogens is 4. The minimum atomic E-state index is 0.258. The Morgan fingerprint density at radius 1 is 1.12 bits per heavy atom. The fourth-order valence-corrected chi connectivity index (χ4v) is 5.56. The van der Waals surface area contributed by atoms with Gasteiger partial charge >= 0.3 is 0 Å². The minimum Gasteiger partial charge on any atom is -0.484 e. The zero-order valence-corrected chi connectivity index (χ0v) is 20.6. The Bertz CT molecular complexity index is 1290. The highest BCUT2D eigenvalue weighted by Gasteiger charge is 2.17. The molecule has 0 fully saturated rings. The third-order valence-electron chi connectivity index (χ3n) is 4.88. The molecule has 1 aliphatic rings. The molecule has 0 amide bonds.